The molecular weight excluding hydrogens is 354 g/mol. The van der Waals surface area contributed by atoms with Crippen molar-refractivity contribution in [2.75, 3.05) is 33.4 Å². The number of carbonyl (C=O) groups is 4. The molecule has 0 radical (unpaired) electrons. The van der Waals surface area contributed by atoms with Crippen LogP contribution < -0.4 is 15.4 Å². The third kappa shape index (κ3) is 3.83. The predicted octanol–water partition coefficient (Wildman–Crippen LogP) is -0.297. The van der Waals surface area contributed by atoms with E-state index in [1.54, 1.807) is 12.1 Å². The normalized spacial score (nSPS) is 19.3. The number of piperidine rings is 1. The number of fused-ring (bicyclic) bond motifs is 1. The number of carbonyl (C=O) groups excluding carboxylic acids is 4. The number of likely N-dealkylation sites (N-methyl/N-ethyl adjacent to an activating group) is 1. The van der Waals surface area contributed by atoms with Gasteiger partial charge in [-0.05, 0) is 25.6 Å². The number of nitrogens with zero attached hydrogens (tertiary/aromatic N) is 1. The Bertz CT molecular complexity index is 778. The topological polar surface area (TPSA) is 114 Å². The Morgan fingerprint density at radius 1 is 1.15 bits per heavy atom. The molecule has 2 heterocycles. The molecule has 2 aliphatic rings. The van der Waals surface area contributed by atoms with E-state index >= 15 is 0 Å². The minimum Gasteiger partial charge on any atom is -0.490 e. The lowest BCUT2D eigenvalue weighted by Gasteiger charge is -2.27. The maximum absolute atomic E-state index is 12.8. The summed E-state index contributed by atoms with van der Waals surface area (Å²) in [5.74, 6) is -1.91. The molecule has 1 aromatic rings. The lowest BCUT2D eigenvalue weighted by molar-refractivity contribution is -0.136. The van der Waals surface area contributed by atoms with Gasteiger partial charge in [0.15, 0.2) is 0 Å². The van der Waals surface area contributed by atoms with Crippen molar-refractivity contribution in [3.05, 3.63) is 29.3 Å². The van der Waals surface area contributed by atoms with Gasteiger partial charge in [-0.15, -0.1) is 0 Å². The highest BCUT2D eigenvalue weighted by Crippen LogP contribution is 2.33. The van der Waals surface area contributed by atoms with Crippen LogP contribution in [0.4, 0.5) is 0 Å². The van der Waals surface area contributed by atoms with Crippen LogP contribution in [0.2, 0.25) is 0 Å². The van der Waals surface area contributed by atoms with Crippen molar-refractivity contribution in [3.63, 3.8) is 0 Å². The Morgan fingerprint density at radius 3 is 2.70 bits per heavy atom. The second-order valence-electron chi connectivity index (χ2n) is 6.19. The van der Waals surface area contributed by atoms with Crippen molar-refractivity contribution in [3.8, 4) is 5.75 Å². The smallest absolute Gasteiger partial charge is 0.266 e. The summed E-state index contributed by atoms with van der Waals surface area (Å²) in [4.78, 5) is 49.9. The number of benzene rings is 1. The average molecular weight is 375 g/mol. The van der Waals surface area contributed by atoms with Gasteiger partial charge < -0.3 is 14.8 Å². The van der Waals surface area contributed by atoms with E-state index in [-0.39, 0.29) is 36.3 Å². The zero-order chi connectivity index (χ0) is 19.4. The van der Waals surface area contributed by atoms with Crippen molar-refractivity contribution < 1.29 is 28.7 Å². The van der Waals surface area contributed by atoms with Gasteiger partial charge in [0.2, 0.25) is 11.8 Å². The molecule has 0 aromatic heterocycles. The van der Waals surface area contributed by atoms with Gasteiger partial charge in [0, 0.05) is 13.0 Å². The van der Waals surface area contributed by atoms with Crippen LogP contribution in [0.15, 0.2) is 18.2 Å². The maximum Gasteiger partial charge on any atom is 0.266 e. The van der Waals surface area contributed by atoms with Crippen LogP contribution in [0.5, 0.6) is 5.75 Å². The first-order chi connectivity index (χ1) is 13.0. The Kier molecular flexibility index (Phi) is 5.82. The van der Waals surface area contributed by atoms with Crippen LogP contribution in [-0.4, -0.2) is 68.0 Å². The van der Waals surface area contributed by atoms with E-state index in [0.717, 1.165) is 4.90 Å². The first kappa shape index (κ1) is 19.0. The van der Waals surface area contributed by atoms with Crippen molar-refractivity contribution >= 4 is 23.6 Å². The van der Waals surface area contributed by atoms with E-state index in [2.05, 4.69) is 10.6 Å². The second kappa shape index (κ2) is 8.28. The van der Waals surface area contributed by atoms with E-state index in [0.29, 0.717) is 19.8 Å². The lowest BCUT2D eigenvalue weighted by Crippen LogP contribution is -2.54. The van der Waals surface area contributed by atoms with E-state index in [9.17, 15) is 19.2 Å². The summed E-state index contributed by atoms with van der Waals surface area (Å²) in [6.07, 6.45) is 0.197. The Hall–Kier alpha value is -2.78. The van der Waals surface area contributed by atoms with Gasteiger partial charge in [-0.25, -0.2) is 0 Å². The van der Waals surface area contributed by atoms with Gasteiger partial charge in [-0.1, -0.05) is 6.07 Å². The molecule has 1 atom stereocenters. The first-order valence-corrected chi connectivity index (χ1v) is 8.74. The summed E-state index contributed by atoms with van der Waals surface area (Å²) in [5, 5.41) is 5.13. The number of ether oxygens (including phenoxy) is 2. The minimum atomic E-state index is -0.993. The molecule has 0 bridgehead atoms. The molecule has 1 aromatic carbocycles. The van der Waals surface area contributed by atoms with Crippen LogP contribution in [0, 0.1) is 0 Å². The highest BCUT2D eigenvalue weighted by Gasteiger charge is 2.45. The molecule has 9 heteroatoms. The second-order valence-corrected chi connectivity index (χ2v) is 6.19. The predicted molar refractivity (Wildman–Crippen MR) is 93.4 cm³/mol. The highest BCUT2D eigenvalue weighted by atomic mass is 16.5. The molecule has 144 valence electrons. The number of nitrogens with one attached hydrogen (secondary N) is 2. The molecule has 27 heavy (non-hydrogen) atoms. The third-order valence-corrected chi connectivity index (χ3v) is 4.41. The van der Waals surface area contributed by atoms with Crippen LogP contribution in [-0.2, 0) is 14.3 Å². The quantitative estimate of drug-likeness (QED) is 0.474. The van der Waals surface area contributed by atoms with Gasteiger partial charge in [-0.2, -0.15) is 0 Å². The molecule has 9 nitrogen and oxygen atoms in total. The fraction of sp³-hybridized carbons (Fsp3) is 0.444. The fourth-order valence-electron chi connectivity index (χ4n) is 3.09. The summed E-state index contributed by atoms with van der Waals surface area (Å²) in [5.41, 5.74) is 0.334. The summed E-state index contributed by atoms with van der Waals surface area (Å²) >= 11 is 0. The zero-order valence-electron chi connectivity index (χ0n) is 14.9. The molecule has 2 aliphatic heterocycles. The fourth-order valence-corrected chi connectivity index (χ4v) is 3.09. The van der Waals surface area contributed by atoms with Gasteiger partial charge in [-0.3, -0.25) is 29.4 Å². The maximum atomic E-state index is 12.8. The van der Waals surface area contributed by atoms with Crippen molar-refractivity contribution in [2.45, 2.75) is 18.9 Å². The SMILES string of the molecule is CNCCOCCOc1cccc2c1C(=O)N(C1CCC(=O)NC1=O)C2=O. The molecule has 1 saturated heterocycles. The van der Waals surface area contributed by atoms with Crippen molar-refractivity contribution in [1.29, 1.82) is 0 Å². The number of amides is 4. The molecule has 0 aliphatic carbocycles. The Labute approximate surface area is 156 Å². The molecule has 0 spiro atoms. The summed E-state index contributed by atoms with van der Waals surface area (Å²) in [6.45, 7) is 1.81. The monoisotopic (exact) mass is 375 g/mol. The van der Waals surface area contributed by atoms with Gasteiger partial charge >= 0.3 is 0 Å². The minimum absolute atomic E-state index is 0.0805. The molecule has 2 N–H and O–H groups in total. The van der Waals surface area contributed by atoms with Crippen molar-refractivity contribution in [2.24, 2.45) is 0 Å². The van der Waals surface area contributed by atoms with E-state index < -0.39 is 29.7 Å². The number of hydrogen-bond acceptors (Lipinski definition) is 7. The third-order valence-electron chi connectivity index (χ3n) is 4.41. The Balaban J connectivity index is 1.72. The zero-order valence-corrected chi connectivity index (χ0v) is 14.9. The highest BCUT2D eigenvalue weighted by molar-refractivity contribution is 6.24. The lowest BCUT2D eigenvalue weighted by atomic mass is 10.0. The molecule has 1 fully saturated rings. The molecular formula is C18H21N3O6. The van der Waals surface area contributed by atoms with Crippen LogP contribution in [0.1, 0.15) is 33.6 Å². The molecule has 4 amide bonds. The van der Waals surface area contributed by atoms with Gasteiger partial charge in [0.25, 0.3) is 11.8 Å². The average Bonchev–Trinajstić information content (AvgIpc) is 2.90. The van der Waals surface area contributed by atoms with E-state index in [1.807, 2.05) is 7.05 Å². The number of imide groups is 2. The summed E-state index contributed by atoms with van der Waals surface area (Å²) in [7, 11) is 1.82. The van der Waals surface area contributed by atoms with Crippen LogP contribution in [0.25, 0.3) is 0 Å². The largest absolute Gasteiger partial charge is 0.490 e. The number of rotatable bonds is 8. The molecule has 3 rings (SSSR count). The number of hydrogen-bond donors (Lipinski definition) is 2. The van der Waals surface area contributed by atoms with E-state index in [1.165, 1.54) is 6.07 Å². The first-order valence-electron chi connectivity index (χ1n) is 8.74. The van der Waals surface area contributed by atoms with Crippen LogP contribution >= 0.6 is 0 Å². The van der Waals surface area contributed by atoms with Crippen molar-refractivity contribution in [1.82, 2.24) is 15.5 Å². The molecule has 1 unspecified atom stereocenters. The van der Waals surface area contributed by atoms with Crippen LogP contribution in [0.3, 0.4) is 0 Å². The van der Waals surface area contributed by atoms with E-state index in [4.69, 9.17) is 9.47 Å². The summed E-state index contributed by atoms with van der Waals surface area (Å²) < 4.78 is 11.0. The standard InChI is InChI=1S/C18H21N3O6/c1-19-7-8-26-9-10-27-13-4-2-3-11-15(13)18(25)21(17(11)24)12-5-6-14(22)20-16(12)23/h2-4,12,19H,5-10H2,1H3,(H,20,22,23). The molecule has 0 saturated carbocycles. The van der Waals surface area contributed by atoms with Gasteiger partial charge in [0.05, 0.1) is 24.3 Å². The summed E-state index contributed by atoms with van der Waals surface area (Å²) in [6, 6.07) is 3.76. The Morgan fingerprint density at radius 2 is 1.96 bits per heavy atom. The van der Waals surface area contributed by atoms with Gasteiger partial charge in [0.1, 0.15) is 18.4 Å².